The molecule has 0 aromatic heterocycles. The van der Waals surface area contributed by atoms with Crippen molar-refractivity contribution < 1.29 is 9.84 Å². The Bertz CT molecular complexity index is 137. The van der Waals surface area contributed by atoms with Crippen LogP contribution >= 0.6 is 0 Å². The number of β-amino-alcohol motifs (C(OH)–C–C–N with tert-alkyl or cyclic N) is 1. The maximum Gasteiger partial charge on any atom is 0.0872 e. The quantitative estimate of drug-likeness (QED) is 0.671. The van der Waals surface area contributed by atoms with Gasteiger partial charge in [0.1, 0.15) is 0 Å². The first-order valence-corrected chi connectivity index (χ1v) is 4.56. The minimum atomic E-state index is -0.447. The predicted octanol–water partition coefficient (Wildman–Crippen LogP) is 0.478. The van der Waals surface area contributed by atoms with Crippen molar-refractivity contribution in [3.05, 3.63) is 0 Å². The molecule has 0 bridgehead atoms. The summed E-state index contributed by atoms with van der Waals surface area (Å²) in [5, 5.41) is 9.41. The van der Waals surface area contributed by atoms with Crippen molar-refractivity contribution in [3.8, 4) is 0 Å². The minimum Gasteiger partial charge on any atom is -0.388 e. The minimum absolute atomic E-state index is 0.312. The predicted molar refractivity (Wildman–Crippen MR) is 48.2 cm³/mol. The molecule has 12 heavy (non-hydrogen) atoms. The van der Waals surface area contributed by atoms with Crippen LogP contribution in [0.1, 0.15) is 20.8 Å². The summed E-state index contributed by atoms with van der Waals surface area (Å²) in [6.07, 6.45) is 0.312. The molecule has 1 heterocycles. The number of ether oxygens (including phenoxy) is 1. The van der Waals surface area contributed by atoms with Crippen LogP contribution in [0, 0.1) is 0 Å². The van der Waals surface area contributed by atoms with Gasteiger partial charge in [-0.1, -0.05) is 0 Å². The zero-order valence-corrected chi connectivity index (χ0v) is 8.21. The fourth-order valence-electron chi connectivity index (χ4n) is 1.49. The van der Waals surface area contributed by atoms with Gasteiger partial charge in [0.25, 0.3) is 0 Å². The lowest BCUT2D eigenvalue weighted by molar-refractivity contribution is -0.0924. The molecule has 72 valence electrons. The SMILES string of the molecule is CC(C)OCCN1CC(C)(O)C1. The lowest BCUT2D eigenvalue weighted by atomic mass is 9.97. The molecular weight excluding hydrogens is 154 g/mol. The molecule has 1 aliphatic heterocycles. The first kappa shape index (κ1) is 9.96. The van der Waals surface area contributed by atoms with Gasteiger partial charge in [0.2, 0.25) is 0 Å². The van der Waals surface area contributed by atoms with E-state index in [0.29, 0.717) is 6.10 Å². The normalized spacial score (nSPS) is 22.8. The second-order valence-electron chi connectivity index (χ2n) is 4.13. The van der Waals surface area contributed by atoms with Gasteiger partial charge in [-0.15, -0.1) is 0 Å². The van der Waals surface area contributed by atoms with E-state index in [9.17, 15) is 5.11 Å². The number of likely N-dealkylation sites (tertiary alicyclic amines) is 1. The van der Waals surface area contributed by atoms with Gasteiger partial charge in [0.15, 0.2) is 0 Å². The van der Waals surface area contributed by atoms with Gasteiger partial charge in [-0.3, -0.25) is 4.90 Å². The Morgan fingerprint density at radius 2 is 2.08 bits per heavy atom. The fourth-order valence-corrected chi connectivity index (χ4v) is 1.49. The molecule has 1 rings (SSSR count). The van der Waals surface area contributed by atoms with Gasteiger partial charge in [-0.2, -0.15) is 0 Å². The van der Waals surface area contributed by atoms with Gasteiger partial charge >= 0.3 is 0 Å². The zero-order chi connectivity index (χ0) is 9.19. The second kappa shape index (κ2) is 3.73. The van der Waals surface area contributed by atoms with E-state index in [4.69, 9.17) is 4.74 Å². The first-order valence-electron chi connectivity index (χ1n) is 4.56. The topological polar surface area (TPSA) is 32.7 Å². The van der Waals surface area contributed by atoms with Crippen LogP contribution in [0.15, 0.2) is 0 Å². The molecule has 0 aromatic carbocycles. The van der Waals surface area contributed by atoms with Crippen molar-refractivity contribution in [1.82, 2.24) is 4.90 Å². The van der Waals surface area contributed by atoms with Crippen LogP contribution in [0.25, 0.3) is 0 Å². The zero-order valence-electron chi connectivity index (χ0n) is 8.21. The molecule has 3 nitrogen and oxygen atoms in total. The maximum absolute atomic E-state index is 9.41. The lowest BCUT2D eigenvalue weighted by Gasteiger charge is -2.44. The summed E-state index contributed by atoms with van der Waals surface area (Å²) in [6.45, 7) is 9.22. The van der Waals surface area contributed by atoms with Crippen molar-refractivity contribution in [2.75, 3.05) is 26.2 Å². The summed E-state index contributed by atoms with van der Waals surface area (Å²) in [6, 6.07) is 0. The van der Waals surface area contributed by atoms with Crippen molar-refractivity contribution in [1.29, 1.82) is 0 Å². The van der Waals surface area contributed by atoms with Crippen LogP contribution in [-0.4, -0.2) is 48.0 Å². The molecule has 0 saturated carbocycles. The number of hydrogen-bond donors (Lipinski definition) is 1. The molecular formula is C9H19NO2. The van der Waals surface area contributed by atoms with E-state index in [1.807, 2.05) is 20.8 Å². The van der Waals surface area contributed by atoms with E-state index in [0.717, 1.165) is 26.2 Å². The Morgan fingerprint density at radius 1 is 1.50 bits per heavy atom. The molecule has 0 unspecified atom stereocenters. The average molecular weight is 173 g/mol. The van der Waals surface area contributed by atoms with Gasteiger partial charge in [-0.05, 0) is 20.8 Å². The van der Waals surface area contributed by atoms with Gasteiger partial charge in [0.05, 0.1) is 18.3 Å². The van der Waals surface area contributed by atoms with E-state index in [1.165, 1.54) is 0 Å². The van der Waals surface area contributed by atoms with Gasteiger partial charge in [-0.25, -0.2) is 0 Å². The van der Waals surface area contributed by atoms with Crippen molar-refractivity contribution in [2.45, 2.75) is 32.5 Å². The third kappa shape index (κ3) is 3.09. The molecule has 0 amide bonds. The molecule has 0 atom stereocenters. The lowest BCUT2D eigenvalue weighted by Crippen LogP contribution is -2.60. The highest BCUT2D eigenvalue weighted by Crippen LogP contribution is 2.18. The smallest absolute Gasteiger partial charge is 0.0872 e. The number of rotatable bonds is 4. The molecule has 3 heteroatoms. The molecule has 0 radical (unpaired) electrons. The summed E-state index contributed by atoms with van der Waals surface area (Å²) in [5.41, 5.74) is -0.447. The summed E-state index contributed by atoms with van der Waals surface area (Å²) < 4.78 is 5.39. The van der Waals surface area contributed by atoms with Crippen LogP contribution in [0.3, 0.4) is 0 Å². The van der Waals surface area contributed by atoms with Crippen LogP contribution in [0.2, 0.25) is 0 Å². The third-order valence-corrected chi connectivity index (χ3v) is 1.99. The van der Waals surface area contributed by atoms with Gasteiger partial charge < -0.3 is 9.84 Å². The monoisotopic (exact) mass is 173 g/mol. The Morgan fingerprint density at radius 3 is 2.50 bits per heavy atom. The second-order valence-corrected chi connectivity index (χ2v) is 4.13. The molecule has 0 aliphatic carbocycles. The Hall–Kier alpha value is -0.120. The average Bonchev–Trinajstić information content (AvgIpc) is 1.82. The highest BCUT2D eigenvalue weighted by Gasteiger charge is 2.35. The van der Waals surface area contributed by atoms with Crippen molar-refractivity contribution in [3.63, 3.8) is 0 Å². The Kier molecular flexibility index (Phi) is 3.09. The molecule has 1 N–H and O–H groups in total. The van der Waals surface area contributed by atoms with Crippen LogP contribution in [0.4, 0.5) is 0 Å². The number of aliphatic hydroxyl groups is 1. The van der Waals surface area contributed by atoms with E-state index >= 15 is 0 Å². The van der Waals surface area contributed by atoms with Crippen LogP contribution in [-0.2, 0) is 4.74 Å². The largest absolute Gasteiger partial charge is 0.388 e. The molecule has 1 saturated heterocycles. The standard InChI is InChI=1S/C9H19NO2/c1-8(2)12-5-4-10-6-9(3,11)7-10/h8,11H,4-7H2,1-3H3. The molecule has 1 aliphatic rings. The van der Waals surface area contributed by atoms with Crippen molar-refractivity contribution in [2.24, 2.45) is 0 Å². The van der Waals surface area contributed by atoms with E-state index < -0.39 is 5.60 Å². The summed E-state index contributed by atoms with van der Waals surface area (Å²) >= 11 is 0. The highest BCUT2D eigenvalue weighted by molar-refractivity contribution is 4.90. The Balaban J connectivity index is 1.97. The van der Waals surface area contributed by atoms with E-state index in [1.54, 1.807) is 0 Å². The van der Waals surface area contributed by atoms with E-state index in [-0.39, 0.29) is 0 Å². The van der Waals surface area contributed by atoms with Gasteiger partial charge in [0, 0.05) is 19.6 Å². The van der Waals surface area contributed by atoms with Crippen molar-refractivity contribution >= 4 is 0 Å². The molecule has 1 fully saturated rings. The first-order chi connectivity index (χ1) is 5.49. The molecule has 0 aromatic rings. The van der Waals surface area contributed by atoms with Crippen LogP contribution < -0.4 is 0 Å². The number of nitrogens with zero attached hydrogens (tertiary/aromatic N) is 1. The fraction of sp³-hybridized carbons (Fsp3) is 1.00. The highest BCUT2D eigenvalue weighted by atomic mass is 16.5. The summed E-state index contributed by atoms with van der Waals surface area (Å²) in [7, 11) is 0. The Labute approximate surface area is 74.3 Å². The van der Waals surface area contributed by atoms with Crippen LogP contribution in [0.5, 0.6) is 0 Å². The molecule has 0 spiro atoms. The summed E-state index contributed by atoms with van der Waals surface area (Å²) in [4.78, 5) is 2.20. The summed E-state index contributed by atoms with van der Waals surface area (Å²) in [5.74, 6) is 0. The van der Waals surface area contributed by atoms with E-state index in [2.05, 4.69) is 4.90 Å². The maximum atomic E-state index is 9.41. The third-order valence-electron chi connectivity index (χ3n) is 1.99. The number of hydrogen-bond acceptors (Lipinski definition) is 3.